The van der Waals surface area contributed by atoms with Crippen molar-refractivity contribution in [3.05, 3.63) is 94.0 Å². The maximum atomic E-state index is 13.5. The highest BCUT2D eigenvalue weighted by Crippen LogP contribution is 2.49. The monoisotopic (exact) mass is 506 g/mol. The molecule has 2 amide bonds. The quantitative estimate of drug-likeness (QED) is 0.405. The van der Waals surface area contributed by atoms with E-state index in [1.165, 1.54) is 17.2 Å². The fourth-order valence-corrected chi connectivity index (χ4v) is 4.87. The molecule has 2 saturated heterocycles. The van der Waals surface area contributed by atoms with E-state index in [2.05, 4.69) is 0 Å². The number of benzene rings is 3. The first kappa shape index (κ1) is 22.7. The Labute approximate surface area is 202 Å². The lowest BCUT2D eigenvalue weighted by molar-refractivity contribution is -0.137. The summed E-state index contributed by atoms with van der Waals surface area (Å²) in [7, 11) is 0. The van der Waals surface area contributed by atoms with E-state index in [4.69, 9.17) is 28.0 Å². The first-order valence-electron chi connectivity index (χ1n) is 10.2. The third-order valence-corrected chi connectivity index (χ3v) is 6.40. The van der Waals surface area contributed by atoms with Crippen molar-refractivity contribution in [1.82, 2.24) is 0 Å². The van der Waals surface area contributed by atoms with Crippen molar-refractivity contribution in [2.45, 2.75) is 18.3 Å². The van der Waals surface area contributed by atoms with Crippen LogP contribution in [-0.4, -0.2) is 17.9 Å². The Balaban J connectivity index is 1.59. The number of anilines is 2. The summed E-state index contributed by atoms with van der Waals surface area (Å²) in [6.45, 7) is 0. The molecule has 0 spiro atoms. The lowest BCUT2D eigenvalue weighted by Gasteiger charge is -2.29. The van der Waals surface area contributed by atoms with Gasteiger partial charge in [0.05, 0.1) is 23.0 Å². The van der Waals surface area contributed by atoms with Crippen LogP contribution in [-0.2, 0) is 20.6 Å². The highest BCUT2D eigenvalue weighted by atomic mass is 35.5. The molecule has 34 heavy (non-hydrogen) atoms. The van der Waals surface area contributed by atoms with E-state index in [1.54, 1.807) is 42.5 Å². The number of fused-ring (bicyclic) bond motifs is 1. The summed E-state index contributed by atoms with van der Waals surface area (Å²) < 4.78 is 39.7. The molecule has 0 aliphatic carbocycles. The van der Waals surface area contributed by atoms with Crippen LogP contribution in [0.4, 0.5) is 24.5 Å². The van der Waals surface area contributed by atoms with E-state index in [0.29, 0.717) is 16.3 Å². The molecule has 10 heteroatoms. The number of nitrogens with zero attached hydrogens (tertiary/aromatic N) is 2. The van der Waals surface area contributed by atoms with Crippen LogP contribution in [0.5, 0.6) is 0 Å². The van der Waals surface area contributed by atoms with E-state index in [1.807, 2.05) is 0 Å². The molecular formula is C24H15Cl2F3N2O3. The summed E-state index contributed by atoms with van der Waals surface area (Å²) in [5.74, 6) is -2.47. The van der Waals surface area contributed by atoms with Crippen LogP contribution in [0.1, 0.15) is 17.2 Å². The van der Waals surface area contributed by atoms with E-state index in [9.17, 15) is 22.8 Å². The summed E-state index contributed by atoms with van der Waals surface area (Å²) >= 11 is 12.5. The van der Waals surface area contributed by atoms with Crippen molar-refractivity contribution >= 4 is 46.4 Å². The SMILES string of the molecule is O=C1[C@H]2[C@@H](c3ccc(Cl)cc3Cl)N(c3ccccc3)O[C@H]2C(=O)N1c1cccc(C(F)(F)F)c1. The van der Waals surface area contributed by atoms with Crippen molar-refractivity contribution in [1.29, 1.82) is 0 Å². The van der Waals surface area contributed by atoms with Crippen molar-refractivity contribution in [3.63, 3.8) is 0 Å². The molecule has 0 N–H and O–H groups in total. The summed E-state index contributed by atoms with van der Waals surface area (Å²) in [5, 5.41) is 2.10. The second-order valence-corrected chi connectivity index (χ2v) is 8.73. The lowest BCUT2D eigenvalue weighted by Crippen LogP contribution is -2.37. The van der Waals surface area contributed by atoms with Crippen LogP contribution >= 0.6 is 23.2 Å². The fourth-order valence-electron chi connectivity index (χ4n) is 4.35. The number of carbonyl (C=O) groups is 2. The molecule has 3 aromatic rings. The molecule has 0 unspecified atom stereocenters. The Bertz CT molecular complexity index is 1290. The van der Waals surface area contributed by atoms with E-state index < -0.39 is 41.6 Å². The first-order chi connectivity index (χ1) is 16.2. The molecule has 5 rings (SSSR count). The maximum Gasteiger partial charge on any atom is 0.416 e. The van der Waals surface area contributed by atoms with Gasteiger partial charge in [0.25, 0.3) is 5.91 Å². The van der Waals surface area contributed by atoms with Gasteiger partial charge in [-0.05, 0) is 48.0 Å². The molecule has 5 nitrogen and oxygen atoms in total. The van der Waals surface area contributed by atoms with Gasteiger partial charge in [-0.25, -0.2) is 9.96 Å². The van der Waals surface area contributed by atoms with Crippen LogP contribution in [0, 0.1) is 5.92 Å². The Morgan fingerprint density at radius 1 is 0.824 bits per heavy atom. The zero-order chi connectivity index (χ0) is 24.2. The fraction of sp³-hybridized carbons (Fsp3) is 0.167. The predicted octanol–water partition coefficient (Wildman–Crippen LogP) is 6.06. The third-order valence-electron chi connectivity index (χ3n) is 5.84. The lowest BCUT2D eigenvalue weighted by atomic mass is 9.90. The standard InChI is InChI=1S/C24H15Cl2F3N2O3/c25-14-9-10-17(18(26)12-14)20-19-21(34-31(20)15-6-2-1-3-7-15)23(33)30(22(19)32)16-8-4-5-13(11-16)24(27,28)29/h1-12,19-21H/t19-,20+,21+/m0/s1. The summed E-state index contributed by atoms with van der Waals surface area (Å²) in [5.41, 5.74) is -0.0598. The molecule has 3 atom stereocenters. The van der Waals surface area contributed by atoms with Crippen LogP contribution in [0.3, 0.4) is 0 Å². The van der Waals surface area contributed by atoms with Gasteiger partial charge >= 0.3 is 6.18 Å². The number of rotatable bonds is 3. The zero-order valence-electron chi connectivity index (χ0n) is 17.2. The molecule has 0 bridgehead atoms. The molecule has 174 valence electrons. The van der Waals surface area contributed by atoms with Crippen molar-refractivity contribution < 1.29 is 27.6 Å². The number of hydrogen-bond acceptors (Lipinski definition) is 4. The average molecular weight is 507 g/mol. The Hall–Kier alpha value is -3.07. The number of imide groups is 1. The van der Waals surface area contributed by atoms with Crippen LogP contribution < -0.4 is 9.96 Å². The van der Waals surface area contributed by atoms with Crippen LogP contribution in [0.25, 0.3) is 0 Å². The number of hydroxylamine groups is 1. The number of amides is 2. The van der Waals surface area contributed by atoms with Crippen molar-refractivity contribution in [2.24, 2.45) is 5.92 Å². The van der Waals surface area contributed by atoms with E-state index in [-0.39, 0.29) is 10.7 Å². The second-order valence-electron chi connectivity index (χ2n) is 7.88. The van der Waals surface area contributed by atoms with Gasteiger partial charge in [0.1, 0.15) is 5.92 Å². The van der Waals surface area contributed by atoms with Gasteiger partial charge in [0.15, 0.2) is 6.10 Å². The molecule has 2 aliphatic heterocycles. The van der Waals surface area contributed by atoms with Gasteiger partial charge in [-0.3, -0.25) is 14.4 Å². The molecular weight excluding hydrogens is 492 g/mol. The van der Waals surface area contributed by atoms with Crippen molar-refractivity contribution in [2.75, 3.05) is 9.96 Å². The van der Waals surface area contributed by atoms with E-state index in [0.717, 1.165) is 23.1 Å². The van der Waals surface area contributed by atoms with Crippen LogP contribution in [0.15, 0.2) is 72.8 Å². The second kappa shape index (κ2) is 8.30. The number of halogens is 5. The summed E-state index contributed by atoms with van der Waals surface area (Å²) in [6.07, 6.45) is -5.86. The van der Waals surface area contributed by atoms with Gasteiger partial charge in [-0.15, -0.1) is 0 Å². The van der Waals surface area contributed by atoms with Gasteiger partial charge in [0.2, 0.25) is 5.91 Å². The number of carbonyl (C=O) groups excluding carboxylic acids is 2. The average Bonchev–Trinajstić information content (AvgIpc) is 3.30. The largest absolute Gasteiger partial charge is 0.416 e. The van der Waals surface area contributed by atoms with Crippen molar-refractivity contribution in [3.8, 4) is 0 Å². The normalized spacial score (nSPS) is 22.4. The van der Waals surface area contributed by atoms with Gasteiger partial charge in [0, 0.05) is 10.0 Å². The predicted molar refractivity (Wildman–Crippen MR) is 120 cm³/mol. The number of para-hydroxylation sites is 1. The summed E-state index contributed by atoms with van der Waals surface area (Å²) in [6, 6.07) is 16.9. The highest BCUT2D eigenvalue weighted by molar-refractivity contribution is 6.35. The Kier molecular flexibility index (Phi) is 5.55. The molecule has 0 aromatic heterocycles. The van der Waals surface area contributed by atoms with Crippen LogP contribution in [0.2, 0.25) is 10.0 Å². The Morgan fingerprint density at radius 3 is 2.21 bits per heavy atom. The smallest absolute Gasteiger partial charge is 0.273 e. The molecule has 0 radical (unpaired) electrons. The van der Waals surface area contributed by atoms with Gasteiger partial charge < -0.3 is 0 Å². The van der Waals surface area contributed by atoms with Gasteiger partial charge in [-0.1, -0.05) is 53.5 Å². The highest BCUT2D eigenvalue weighted by Gasteiger charge is 2.60. The number of alkyl halides is 3. The third kappa shape index (κ3) is 3.72. The first-order valence-corrected chi connectivity index (χ1v) is 10.9. The molecule has 2 fully saturated rings. The molecule has 2 heterocycles. The molecule has 2 aliphatic rings. The maximum absolute atomic E-state index is 13.5. The van der Waals surface area contributed by atoms with E-state index >= 15 is 0 Å². The minimum atomic E-state index is -4.63. The Morgan fingerprint density at radius 2 is 1.53 bits per heavy atom. The summed E-state index contributed by atoms with van der Waals surface area (Å²) in [4.78, 5) is 33.5. The minimum absolute atomic E-state index is 0.171. The number of hydrogen-bond donors (Lipinski definition) is 0. The molecule has 3 aromatic carbocycles. The topological polar surface area (TPSA) is 49.9 Å². The minimum Gasteiger partial charge on any atom is -0.273 e. The van der Waals surface area contributed by atoms with Gasteiger partial charge in [-0.2, -0.15) is 13.2 Å². The molecule has 0 saturated carbocycles. The zero-order valence-corrected chi connectivity index (χ0v) is 18.7.